The lowest BCUT2D eigenvalue weighted by molar-refractivity contribution is -0.137. The smallest absolute Gasteiger partial charge is 0.417 e. The summed E-state index contributed by atoms with van der Waals surface area (Å²) in [5, 5.41) is 0. The summed E-state index contributed by atoms with van der Waals surface area (Å²) in [5.41, 5.74) is 0.703. The van der Waals surface area contributed by atoms with E-state index in [9.17, 15) is 18.0 Å². The van der Waals surface area contributed by atoms with Crippen LogP contribution in [0.15, 0.2) is 46.9 Å². The van der Waals surface area contributed by atoms with Crippen molar-refractivity contribution in [2.24, 2.45) is 5.41 Å². The number of benzene rings is 2. The molecule has 2 heterocycles. The van der Waals surface area contributed by atoms with E-state index in [-0.39, 0.29) is 22.9 Å². The summed E-state index contributed by atoms with van der Waals surface area (Å²) in [6.45, 7) is 6.73. The summed E-state index contributed by atoms with van der Waals surface area (Å²) < 4.78 is 46.2. The van der Waals surface area contributed by atoms with E-state index in [0.717, 1.165) is 18.9 Å². The molecule has 1 saturated heterocycles. The number of carbonyl (C=O) groups is 1. The van der Waals surface area contributed by atoms with Gasteiger partial charge in [0.2, 0.25) is 11.8 Å². The Morgan fingerprint density at radius 3 is 2.61 bits per heavy atom. The molecule has 0 aliphatic carbocycles. The van der Waals surface area contributed by atoms with Crippen LogP contribution in [-0.4, -0.2) is 22.3 Å². The number of carbonyl (C=O) groups excluding carboxylic acids is 1. The van der Waals surface area contributed by atoms with E-state index < -0.39 is 11.7 Å². The van der Waals surface area contributed by atoms with Gasteiger partial charge in [-0.2, -0.15) is 13.2 Å². The number of halogens is 3. The SMILES string of the molecule is CC(C)(C)CC(=O)N1CCC[C@@H]1c1nc2cc(-c3ccccc3C(F)(F)F)ccc2o1. The van der Waals surface area contributed by atoms with Gasteiger partial charge in [-0.3, -0.25) is 4.79 Å². The zero-order chi connectivity index (χ0) is 22.4. The molecule has 164 valence electrons. The van der Waals surface area contributed by atoms with Gasteiger partial charge in [0.25, 0.3) is 0 Å². The Bertz CT molecular complexity index is 1110. The molecule has 2 aromatic carbocycles. The summed E-state index contributed by atoms with van der Waals surface area (Å²) in [7, 11) is 0. The van der Waals surface area contributed by atoms with Gasteiger partial charge in [-0.25, -0.2) is 4.98 Å². The second kappa shape index (κ2) is 7.70. The van der Waals surface area contributed by atoms with Crippen molar-refractivity contribution >= 4 is 17.0 Å². The van der Waals surface area contributed by atoms with Crippen LogP contribution in [0.4, 0.5) is 13.2 Å². The van der Waals surface area contributed by atoms with Gasteiger partial charge < -0.3 is 9.32 Å². The molecule has 1 amide bonds. The van der Waals surface area contributed by atoms with Gasteiger partial charge in [-0.15, -0.1) is 0 Å². The van der Waals surface area contributed by atoms with Crippen LogP contribution in [0.3, 0.4) is 0 Å². The second-order valence-corrected chi connectivity index (χ2v) is 9.26. The van der Waals surface area contributed by atoms with E-state index in [1.54, 1.807) is 24.3 Å². The zero-order valence-corrected chi connectivity index (χ0v) is 17.8. The quantitative estimate of drug-likeness (QED) is 0.469. The van der Waals surface area contributed by atoms with E-state index >= 15 is 0 Å². The minimum atomic E-state index is -4.45. The summed E-state index contributed by atoms with van der Waals surface area (Å²) >= 11 is 0. The highest BCUT2D eigenvalue weighted by molar-refractivity contribution is 5.82. The Morgan fingerprint density at radius 2 is 1.90 bits per heavy atom. The van der Waals surface area contributed by atoms with Crippen molar-refractivity contribution in [1.29, 1.82) is 0 Å². The van der Waals surface area contributed by atoms with Crippen molar-refractivity contribution in [3.05, 3.63) is 53.9 Å². The Labute approximate surface area is 179 Å². The van der Waals surface area contributed by atoms with E-state index in [1.807, 2.05) is 25.7 Å². The van der Waals surface area contributed by atoms with Crippen LogP contribution in [0.5, 0.6) is 0 Å². The molecule has 0 bridgehead atoms. The third-order valence-corrected chi connectivity index (χ3v) is 5.49. The van der Waals surface area contributed by atoms with Crippen LogP contribution >= 0.6 is 0 Å². The molecule has 1 aromatic heterocycles. The highest BCUT2D eigenvalue weighted by Gasteiger charge is 2.35. The fourth-order valence-corrected chi connectivity index (χ4v) is 4.11. The van der Waals surface area contributed by atoms with Crippen LogP contribution in [0.1, 0.15) is 57.5 Å². The minimum absolute atomic E-state index is 0.0667. The highest BCUT2D eigenvalue weighted by atomic mass is 19.4. The molecular formula is C24H25F3N2O2. The summed E-state index contributed by atoms with van der Waals surface area (Å²) in [5.74, 6) is 0.507. The third-order valence-electron chi connectivity index (χ3n) is 5.49. The maximum Gasteiger partial charge on any atom is 0.417 e. The fraction of sp³-hybridized carbons (Fsp3) is 0.417. The number of hydrogen-bond acceptors (Lipinski definition) is 3. The second-order valence-electron chi connectivity index (χ2n) is 9.26. The highest BCUT2D eigenvalue weighted by Crippen LogP contribution is 2.39. The van der Waals surface area contributed by atoms with Crippen LogP contribution in [0.2, 0.25) is 0 Å². The summed E-state index contributed by atoms with van der Waals surface area (Å²) in [4.78, 5) is 19.2. The molecule has 0 radical (unpaired) electrons. The van der Waals surface area contributed by atoms with Crippen LogP contribution in [-0.2, 0) is 11.0 Å². The number of fused-ring (bicyclic) bond motifs is 1. The molecule has 31 heavy (non-hydrogen) atoms. The first kappa shape index (κ1) is 21.4. The van der Waals surface area contributed by atoms with Crippen molar-refractivity contribution in [3.8, 4) is 11.1 Å². The van der Waals surface area contributed by atoms with Gasteiger partial charge in [-0.1, -0.05) is 45.0 Å². The molecule has 0 unspecified atom stereocenters. The first-order valence-electron chi connectivity index (χ1n) is 10.4. The van der Waals surface area contributed by atoms with Gasteiger partial charge in [0.05, 0.1) is 5.56 Å². The van der Waals surface area contributed by atoms with Crippen molar-refractivity contribution in [2.75, 3.05) is 6.54 Å². The van der Waals surface area contributed by atoms with Crippen LogP contribution in [0.25, 0.3) is 22.2 Å². The molecule has 0 spiro atoms. The molecule has 7 heteroatoms. The lowest BCUT2D eigenvalue weighted by Crippen LogP contribution is -2.33. The van der Waals surface area contributed by atoms with Crippen molar-refractivity contribution in [2.45, 2.75) is 52.3 Å². The van der Waals surface area contributed by atoms with Crippen molar-refractivity contribution in [3.63, 3.8) is 0 Å². The van der Waals surface area contributed by atoms with Gasteiger partial charge in [0.1, 0.15) is 11.6 Å². The number of aromatic nitrogens is 1. The molecule has 1 aliphatic rings. The van der Waals surface area contributed by atoms with Gasteiger partial charge in [0, 0.05) is 13.0 Å². The molecule has 0 saturated carbocycles. The monoisotopic (exact) mass is 430 g/mol. The number of nitrogens with zero attached hydrogens (tertiary/aromatic N) is 2. The van der Waals surface area contributed by atoms with Gasteiger partial charge >= 0.3 is 6.18 Å². The standard InChI is InChI=1S/C24H25F3N2O2/c1-23(2,3)14-21(30)29-12-6-9-19(29)22-28-18-13-15(10-11-20(18)31-22)16-7-4-5-8-17(16)24(25,26)27/h4-5,7-8,10-11,13,19H,6,9,12,14H2,1-3H3/t19-/m1/s1. The van der Waals surface area contributed by atoms with E-state index in [1.165, 1.54) is 12.1 Å². The molecule has 1 fully saturated rings. The molecular weight excluding hydrogens is 405 g/mol. The fourth-order valence-electron chi connectivity index (χ4n) is 4.11. The van der Waals surface area contributed by atoms with E-state index in [0.29, 0.717) is 35.5 Å². The Morgan fingerprint density at radius 1 is 1.16 bits per heavy atom. The number of hydrogen-bond donors (Lipinski definition) is 0. The third kappa shape index (κ3) is 4.45. The number of alkyl halides is 3. The normalized spacial score (nSPS) is 17.5. The predicted molar refractivity (Wildman–Crippen MR) is 112 cm³/mol. The zero-order valence-electron chi connectivity index (χ0n) is 17.8. The first-order valence-corrected chi connectivity index (χ1v) is 10.4. The average Bonchev–Trinajstić information content (AvgIpc) is 3.32. The largest absolute Gasteiger partial charge is 0.438 e. The van der Waals surface area contributed by atoms with Gasteiger partial charge in [0.15, 0.2) is 5.58 Å². The summed E-state index contributed by atoms with van der Waals surface area (Å²) in [6, 6.07) is 10.1. The number of rotatable bonds is 3. The Kier molecular flexibility index (Phi) is 5.31. The van der Waals surface area contributed by atoms with E-state index in [2.05, 4.69) is 4.98 Å². The van der Waals surface area contributed by atoms with Gasteiger partial charge in [-0.05, 0) is 47.6 Å². The molecule has 3 aromatic rings. The number of amides is 1. The Balaban J connectivity index is 1.67. The minimum Gasteiger partial charge on any atom is -0.438 e. The number of oxazole rings is 1. The molecule has 1 aliphatic heterocycles. The average molecular weight is 430 g/mol. The molecule has 0 N–H and O–H groups in total. The topological polar surface area (TPSA) is 46.3 Å². The van der Waals surface area contributed by atoms with Crippen LogP contribution in [0, 0.1) is 5.41 Å². The summed E-state index contributed by atoms with van der Waals surface area (Å²) in [6.07, 6.45) is -2.39. The molecule has 1 atom stereocenters. The Hall–Kier alpha value is -2.83. The predicted octanol–water partition coefficient (Wildman–Crippen LogP) is 6.61. The van der Waals surface area contributed by atoms with Crippen molar-refractivity contribution < 1.29 is 22.4 Å². The maximum atomic E-state index is 13.4. The lowest BCUT2D eigenvalue weighted by atomic mass is 9.91. The first-order chi connectivity index (χ1) is 14.5. The molecule has 4 nitrogen and oxygen atoms in total. The molecule has 4 rings (SSSR count). The number of likely N-dealkylation sites (tertiary alicyclic amines) is 1. The lowest BCUT2D eigenvalue weighted by Gasteiger charge is -2.26. The maximum absolute atomic E-state index is 13.4. The van der Waals surface area contributed by atoms with Crippen LogP contribution < -0.4 is 0 Å². The van der Waals surface area contributed by atoms with E-state index in [4.69, 9.17) is 4.42 Å². The van der Waals surface area contributed by atoms with Crippen molar-refractivity contribution in [1.82, 2.24) is 9.88 Å².